The van der Waals surface area contributed by atoms with Gasteiger partial charge in [0.25, 0.3) is 0 Å². The maximum Gasteiger partial charge on any atom is 0.345 e. The van der Waals surface area contributed by atoms with Gasteiger partial charge in [-0.25, -0.2) is 9.48 Å². The van der Waals surface area contributed by atoms with Crippen LogP contribution in [0.1, 0.15) is 30.8 Å². The Balaban J connectivity index is 1.29. The molecule has 1 fully saturated rings. The van der Waals surface area contributed by atoms with E-state index in [0.717, 1.165) is 30.8 Å². The smallest absolute Gasteiger partial charge is 0.345 e. The molecular formula is C19H25N5O3. The Morgan fingerprint density at radius 1 is 1.26 bits per heavy atom. The van der Waals surface area contributed by atoms with Crippen molar-refractivity contribution in [1.82, 2.24) is 24.2 Å². The molecule has 0 bridgehead atoms. The molecule has 1 atom stereocenters. The fraction of sp³-hybridized carbons (Fsp3) is 0.579. The summed E-state index contributed by atoms with van der Waals surface area (Å²) in [6, 6.07) is 5.80. The molecule has 27 heavy (non-hydrogen) atoms. The molecule has 2 aliphatic rings. The van der Waals surface area contributed by atoms with Crippen LogP contribution in [0.4, 0.5) is 0 Å². The van der Waals surface area contributed by atoms with E-state index in [4.69, 9.17) is 4.74 Å². The van der Waals surface area contributed by atoms with Crippen LogP contribution >= 0.6 is 0 Å². The number of pyridine rings is 1. The van der Waals surface area contributed by atoms with E-state index in [1.165, 1.54) is 4.68 Å². The number of ether oxygens (including phenoxy) is 1. The number of amides is 1. The van der Waals surface area contributed by atoms with E-state index >= 15 is 0 Å². The van der Waals surface area contributed by atoms with Crippen LogP contribution in [0.5, 0.6) is 0 Å². The van der Waals surface area contributed by atoms with Crippen molar-refractivity contribution in [2.24, 2.45) is 13.0 Å². The average molecular weight is 371 g/mol. The molecule has 4 heterocycles. The molecule has 1 unspecified atom stereocenters. The molecule has 1 amide bonds. The minimum absolute atomic E-state index is 0.134. The first-order valence-corrected chi connectivity index (χ1v) is 9.55. The number of hydrogen-bond donors (Lipinski definition) is 0. The lowest BCUT2D eigenvalue weighted by molar-refractivity contribution is -0.139. The molecule has 4 rings (SSSR count). The van der Waals surface area contributed by atoms with Crippen molar-refractivity contribution in [1.29, 1.82) is 0 Å². The first kappa shape index (κ1) is 17.9. The van der Waals surface area contributed by atoms with E-state index in [1.54, 1.807) is 17.8 Å². The van der Waals surface area contributed by atoms with Crippen LogP contribution in [-0.2, 0) is 36.2 Å². The maximum absolute atomic E-state index is 12.9. The van der Waals surface area contributed by atoms with E-state index in [0.29, 0.717) is 32.7 Å². The van der Waals surface area contributed by atoms with Crippen LogP contribution in [0.15, 0.2) is 29.2 Å². The first-order chi connectivity index (χ1) is 13.1. The van der Waals surface area contributed by atoms with E-state index in [-0.39, 0.29) is 23.6 Å². The van der Waals surface area contributed by atoms with Crippen molar-refractivity contribution in [2.45, 2.75) is 44.9 Å². The molecule has 1 saturated heterocycles. The number of carbonyl (C=O) groups excluding carboxylic acids is 1. The molecule has 0 saturated carbocycles. The molecule has 2 aromatic heterocycles. The number of carbonyl (C=O) groups is 1. The lowest BCUT2D eigenvalue weighted by Gasteiger charge is -2.35. The van der Waals surface area contributed by atoms with Gasteiger partial charge in [-0.3, -0.25) is 14.3 Å². The summed E-state index contributed by atoms with van der Waals surface area (Å²) < 4.78 is 8.95. The van der Waals surface area contributed by atoms with Crippen molar-refractivity contribution in [2.75, 3.05) is 13.1 Å². The standard InChI is InChI=1S/C19H25N5O3/c1-22-19(26)24-12-14(5-6-17(24)21-22)18(25)23-10-7-16(8-11-23)27-13-15-4-2-3-9-20-15/h2-4,9,14,16H,5-8,10-13H2,1H3. The third-order valence-electron chi connectivity index (χ3n) is 5.50. The van der Waals surface area contributed by atoms with Crippen LogP contribution in [0.2, 0.25) is 0 Å². The maximum atomic E-state index is 12.9. The molecule has 0 aromatic carbocycles. The predicted molar refractivity (Wildman–Crippen MR) is 97.9 cm³/mol. The quantitative estimate of drug-likeness (QED) is 0.792. The zero-order chi connectivity index (χ0) is 18.8. The Morgan fingerprint density at radius 2 is 2.07 bits per heavy atom. The molecule has 0 spiro atoms. The summed E-state index contributed by atoms with van der Waals surface area (Å²) in [5.41, 5.74) is 0.792. The molecule has 0 N–H and O–H groups in total. The van der Waals surface area contributed by atoms with Crippen molar-refractivity contribution >= 4 is 5.91 Å². The number of hydrogen-bond acceptors (Lipinski definition) is 5. The second kappa shape index (κ2) is 7.64. The second-order valence-corrected chi connectivity index (χ2v) is 7.33. The van der Waals surface area contributed by atoms with Crippen LogP contribution in [-0.4, -0.2) is 49.3 Å². The largest absolute Gasteiger partial charge is 0.372 e. The summed E-state index contributed by atoms with van der Waals surface area (Å²) in [6.07, 6.45) is 5.03. The van der Waals surface area contributed by atoms with Gasteiger partial charge in [0.15, 0.2) is 0 Å². The number of fused-ring (bicyclic) bond motifs is 1. The van der Waals surface area contributed by atoms with Gasteiger partial charge in [-0.1, -0.05) is 6.07 Å². The second-order valence-electron chi connectivity index (χ2n) is 7.33. The van der Waals surface area contributed by atoms with Gasteiger partial charge in [0, 0.05) is 39.3 Å². The van der Waals surface area contributed by atoms with Crippen LogP contribution in [0.25, 0.3) is 0 Å². The van der Waals surface area contributed by atoms with Crippen molar-refractivity contribution in [3.63, 3.8) is 0 Å². The van der Waals surface area contributed by atoms with E-state index < -0.39 is 0 Å². The SMILES string of the molecule is Cn1nc2n(c1=O)CC(C(=O)N1CCC(OCc3ccccn3)CC1)CC2. The highest BCUT2D eigenvalue weighted by molar-refractivity contribution is 5.79. The third-order valence-corrected chi connectivity index (χ3v) is 5.50. The van der Waals surface area contributed by atoms with Crippen LogP contribution in [0, 0.1) is 5.92 Å². The Morgan fingerprint density at radius 3 is 2.81 bits per heavy atom. The Labute approximate surface area is 157 Å². The first-order valence-electron chi connectivity index (χ1n) is 9.55. The third kappa shape index (κ3) is 3.80. The normalized spacial score (nSPS) is 20.5. The molecule has 2 aliphatic heterocycles. The summed E-state index contributed by atoms with van der Waals surface area (Å²) in [7, 11) is 1.65. The minimum atomic E-state index is -0.135. The van der Waals surface area contributed by atoms with E-state index in [9.17, 15) is 9.59 Å². The summed E-state index contributed by atoms with van der Waals surface area (Å²) in [5.74, 6) is 0.804. The highest BCUT2D eigenvalue weighted by atomic mass is 16.5. The van der Waals surface area contributed by atoms with Crippen molar-refractivity contribution in [3.05, 3.63) is 46.4 Å². The predicted octanol–water partition coefficient (Wildman–Crippen LogP) is 0.747. The minimum Gasteiger partial charge on any atom is -0.372 e. The van der Waals surface area contributed by atoms with Crippen LogP contribution in [0.3, 0.4) is 0 Å². The zero-order valence-corrected chi connectivity index (χ0v) is 15.6. The zero-order valence-electron chi connectivity index (χ0n) is 15.6. The van der Waals surface area contributed by atoms with Gasteiger partial charge in [-0.05, 0) is 31.4 Å². The number of piperidine rings is 1. The van der Waals surface area contributed by atoms with Gasteiger partial charge in [0.2, 0.25) is 5.91 Å². The molecule has 2 aromatic rings. The fourth-order valence-corrected chi connectivity index (χ4v) is 3.93. The van der Waals surface area contributed by atoms with Gasteiger partial charge in [0.05, 0.1) is 24.3 Å². The fourth-order valence-electron chi connectivity index (χ4n) is 3.93. The molecule has 8 heteroatoms. The Kier molecular flexibility index (Phi) is 5.07. The Hall–Kier alpha value is -2.48. The van der Waals surface area contributed by atoms with E-state index in [2.05, 4.69) is 10.1 Å². The highest BCUT2D eigenvalue weighted by Gasteiger charge is 2.32. The van der Waals surface area contributed by atoms with Gasteiger partial charge in [-0.15, -0.1) is 0 Å². The lowest BCUT2D eigenvalue weighted by atomic mass is 9.96. The number of aryl methyl sites for hydroxylation is 2. The Bertz CT molecular complexity index is 852. The van der Waals surface area contributed by atoms with Crippen LogP contribution < -0.4 is 5.69 Å². The van der Waals surface area contributed by atoms with Gasteiger partial charge in [-0.2, -0.15) is 5.10 Å². The number of likely N-dealkylation sites (tertiary alicyclic amines) is 1. The lowest BCUT2D eigenvalue weighted by Crippen LogP contribution is -2.46. The summed E-state index contributed by atoms with van der Waals surface area (Å²) >= 11 is 0. The van der Waals surface area contributed by atoms with Crippen molar-refractivity contribution < 1.29 is 9.53 Å². The monoisotopic (exact) mass is 371 g/mol. The average Bonchev–Trinajstić information content (AvgIpc) is 3.00. The van der Waals surface area contributed by atoms with Gasteiger partial charge >= 0.3 is 5.69 Å². The van der Waals surface area contributed by atoms with Gasteiger partial charge in [0.1, 0.15) is 5.82 Å². The molecule has 0 radical (unpaired) electrons. The van der Waals surface area contributed by atoms with Crippen molar-refractivity contribution in [3.8, 4) is 0 Å². The molecular weight excluding hydrogens is 346 g/mol. The molecule has 144 valence electrons. The van der Waals surface area contributed by atoms with Gasteiger partial charge < -0.3 is 9.64 Å². The number of rotatable bonds is 4. The molecule has 0 aliphatic carbocycles. The topological polar surface area (TPSA) is 82.2 Å². The van der Waals surface area contributed by atoms with E-state index in [1.807, 2.05) is 23.1 Å². The molecule has 8 nitrogen and oxygen atoms in total. The summed E-state index contributed by atoms with van der Waals surface area (Å²) in [5, 5.41) is 4.23. The number of aromatic nitrogens is 4. The number of nitrogens with zero attached hydrogens (tertiary/aromatic N) is 5. The summed E-state index contributed by atoms with van der Waals surface area (Å²) in [6.45, 7) is 2.36. The highest BCUT2D eigenvalue weighted by Crippen LogP contribution is 2.22. The summed E-state index contributed by atoms with van der Waals surface area (Å²) in [4.78, 5) is 31.2.